The third-order valence-electron chi connectivity index (χ3n) is 4.66. The van der Waals surface area contributed by atoms with Gasteiger partial charge in [0.05, 0.1) is 12.7 Å². The Bertz CT molecular complexity index is 1050. The molecule has 8 heteroatoms. The number of carbonyl (C=O) groups excluding carboxylic acids is 1. The molecule has 0 unspecified atom stereocenters. The molecule has 3 heterocycles. The average molecular weight is 407 g/mol. The Labute approximate surface area is 173 Å². The minimum Gasteiger partial charge on any atom is -0.497 e. The van der Waals surface area contributed by atoms with Crippen molar-refractivity contribution in [3.8, 4) is 11.4 Å². The van der Waals surface area contributed by atoms with Crippen molar-refractivity contribution >= 4 is 39.8 Å². The number of benzene rings is 1. The molecule has 0 saturated heterocycles. The molecule has 0 radical (unpaired) electrons. The van der Waals surface area contributed by atoms with Crippen molar-refractivity contribution in [2.75, 3.05) is 7.11 Å². The molecular formula is C21H21N5O2S. The number of unbranched alkanes of at least 4 members (excludes halogenated alkanes) is 1. The van der Waals surface area contributed by atoms with Crippen LogP contribution in [0.3, 0.4) is 0 Å². The van der Waals surface area contributed by atoms with Gasteiger partial charge in [-0.05, 0) is 67.1 Å². The van der Waals surface area contributed by atoms with Gasteiger partial charge in [-0.1, -0.05) is 13.3 Å². The smallest absolute Gasteiger partial charge is 0.283 e. The molecule has 0 fully saturated rings. The van der Waals surface area contributed by atoms with Crippen molar-refractivity contribution in [3.63, 3.8) is 0 Å². The Hall–Kier alpha value is -3.13. The molecule has 1 N–H and O–H groups in total. The van der Waals surface area contributed by atoms with Crippen molar-refractivity contribution in [1.29, 1.82) is 5.41 Å². The maximum atomic E-state index is 12.6. The van der Waals surface area contributed by atoms with Crippen LogP contribution in [-0.4, -0.2) is 38.6 Å². The first-order chi connectivity index (χ1) is 14.1. The molecule has 0 aliphatic carbocycles. The van der Waals surface area contributed by atoms with Gasteiger partial charge < -0.3 is 9.30 Å². The quantitative estimate of drug-likeness (QED) is 0.724. The molecule has 2 aliphatic rings. The zero-order chi connectivity index (χ0) is 20.4. The summed E-state index contributed by atoms with van der Waals surface area (Å²) in [6, 6.07) is 11.4. The average Bonchev–Trinajstić information content (AvgIpc) is 3.36. The van der Waals surface area contributed by atoms with Gasteiger partial charge in [0.1, 0.15) is 10.8 Å². The number of thioether (sulfide) groups is 1. The second-order valence-corrected chi connectivity index (χ2v) is 7.66. The molecule has 0 saturated carbocycles. The number of aliphatic imine (C=N–C) groups is 1. The molecule has 1 aromatic heterocycles. The number of hydrogen-bond acceptors (Lipinski definition) is 5. The van der Waals surface area contributed by atoms with Gasteiger partial charge in [0.25, 0.3) is 5.91 Å². The molecule has 0 spiro atoms. The maximum absolute atomic E-state index is 12.6. The summed E-state index contributed by atoms with van der Waals surface area (Å²) in [4.78, 5) is 16.8. The number of amides is 1. The number of ether oxygens (including phenoxy) is 1. The fourth-order valence-electron chi connectivity index (χ4n) is 3.10. The van der Waals surface area contributed by atoms with E-state index in [1.165, 1.54) is 16.8 Å². The molecule has 2 aliphatic heterocycles. The zero-order valence-corrected chi connectivity index (χ0v) is 17.1. The predicted molar refractivity (Wildman–Crippen MR) is 117 cm³/mol. The fourth-order valence-corrected chi connectivity index (χ4v) is 4.03. The highest BCUT2D eigenvalue weighted by atomic mass is 32.2. The first-order valence-electron chi connectivity index (χ1n) is 9.41. The number of nitrogens with zero attached hydrogens (tertiary/aromatic N) is 4. The summed E-state index contributed by atoms with van der Waals surface area (Å²) in [5, 5.41) is 15.8. The molecule has 4 rings (SSSR count). The lowest BCUT2D eigenvalue weighted by atomic mass is 10.1. The minimum atomic E-state index is -0.414. The van der Waals surface area contributed by atoms with E-state index in [1.807, 2.05) is 47.2 Å². The largest absolute Gasteiger partial charge is 0.497 e. The van der Waals surface area contributed by atoms with Gasteiger partial charge in [-0.25, -0.2) is 0 Å². The summed E-state index contributed by atoms with van der Waals surface area (Å²) < 4.78 is 7.16. The van der Waals surface area contributed by atoms with Gasteiger partial charge in [0.2, 0.25) is 5.17 Å². The SMILES string of the molecule is CCCCC1=NN2C(=N)/C(=C\c3cccn3-c3ccc(OC)cc3)C(=O)N=C2S1. The number of aromatic nitrogens is 1. The van der Waals surface area contributed by atoms with Crippen molar-refractivity contribution in [3.05, 3.63) is 53.9 Å². The molecule has 1 amide bonds. The van der Waals surface area contributed by atoms with Crippen molar-refractivity contribution in [1.82, 2.24) is 9.58 Å². The van der Waals surface area contributed by atoms with Crippen LogP contribution in [-0.2, 0) is 4.79 Å². The normalized spacial score (nSPS) is 17.4. The van der Waals surface area contributed by atoms with E-state index >= 15 is 0 Å². The Morgan fingerprint density at radius 1 is 1.24 bits per heavy atom. The fraction of sp³-hybridized carbons (Fsp3) is 0.238. The van der Waals surface area contributed by atoms with Gasteiger partial charge in [0.15, 0.2) is 5.84 Å². The van der Waals surface area contributed by atoms with Crippen LogP contribution in [0, 0.1) is 5.41 Å². The van der Waals surface area contributed by atoms with Crippen LogP contribution in [0.4, 0.5) is 0 Å². The van der Waals surface area contributed by atoms with Gasteiger partial charge in [0, 0.05) is 17.6 Å². The highest BCUT2D eigenvalue weighted by Crippen LogP contribution is 2.30. The van der Waals surface area contributed by atoms with E-state index in [0.717, 1.165) is 41.4 Å². The number of amidine groups is 2. The van der Waals surface area contributed by atoms with Crippen molar-refractivity contribution in [2.45, 2.75) is 26.2 Å². The molecule has 2 aromatic rings. The van der Waals surface area contributed by atoms with Crippen LogP contribution in [0.5, 0.6) is 5.75 Å². The predicted octanol–water partition coefficient (Wildman–Crippen LogP) is 4.30. The summed E-state index contributed by atoms with van der Waals surface area (Å²) in [6.07, 6.45) is 6.52. The van der Waals surface area contributed by atoms with Gasteiger partial charge in [-0.15, -0.1) is 0 Å². The van der Waals surface area contributed by atoms with Crippen LogP contribution < -0.4 is 4.74 Å². The van der Waals surface area contributed by atoms with Crippen LogP contribution >= 0.6 is 11.8 Å². The first kappa shape index (κ1) is 19.2. The third-order valence-corrected chi connectivity index (χ3v) is 5.63. The highest BCUT2D eigenvalue weighted by molar-refractivity contribution is 8.26. The Balaban J connectivity index is 1.64. The van der Waals surface area contributed by atoms with E-state index in [2.05, 4.69) is 17.0 Å². The number of carbonyl (C=O) groups is 1. The minimum absolute atomic E-state index is 0.0569. The lowest BCUT2D eigenvalue weighted by Gasteiger charge is -2.20. The Morgan fingerprint density at radius 2 is 2.03 bits per heavy atom. The number of nitrogens with one attached hydrogen (secondary N) is 1. The molecule has 29 heavy (non-hydrogen) atoms. The van der Waals surface area contributed by atoms with Crippen LogP contribution in [0.1, 0.15) is 31.9 Å². The topological polar surface area (TPSA) is 83.0 Å². The number of fused-ring (bicyclic) bond motifs is 1. The van der Waals surface area contributed by atoms with E-state index in [-0.39, 0.29) is 11.4 Å². The summed E-state index contributed by atoms with van der Waals surface area (Å²) in [5.41, 5.74) is 1.94. The lowest BCUT2D eigenvalue weighted by Crippen LogP contribution is -2.35. The van der Waals surface area contributed by atoms with E-state index < -0.39 is 5.91 Å². The monoisotopic (exact) mass is 407 g/mol. The second-order valence-electron chi connectivity index (χ2n) is 6.62. The van der Waals surface area contributed by atoms with E-state index in [4.69, 9.17) is 10.1 Å². The second kappa shape index (κ2) is 8.08. The molecule has 0 bridgehead atoms. The summed E-state index contributed by atoms with van der Waals surface area (Å²) >= 11 is 1.38. The van der Waals surface area contributed by atoms with Gasteiger partial charge in [-0.2, -0.15) is 15.1 Å². The molecule has 0 atom stereocenters. The number of rotatable bonds is 6. The van der Waals surface area contributed by atoms with E-state index in [1.54, 1.807) is 13.2 Å². The van der Waals surface area contributed by atoms with Crippen molar-refractivity contribution < 1.29 is 9.53 Å². The lowest BCUT2D eigenvalue weighted by molar-refractivity contribution is -0.114. The maximum Gasteiger partial charge on any atom is 0.283 e. The molecule has 7 nitrogen and oxygen atoms in total. The number of hydrazone groups is 1. The molecular weight excluding hydrogens is 386 g/mol. The van der Waals surface area contributed by atoms with E-state index in [9.17, 15) is 4.79 Å². The summed E-state index contributed by atoms with van der Waals surface area (Å²) in [5.74, 6) is 0.417. The Kier molecular flexibility index (Phi) is 5.35. The standard InChI is InChI=1S/C21H21N5O2S/c1-3-4-7-18-24-26-19(22)17(20(27)23-21(26)29-18)13-15-6-5-12-25(15)14-8-10-16(28-2)11-9-14/h5-6,8-13,22H,3-4,7H2,1-2H3/b17-13+,22-19?. The van der Waals surface area contributed by atoms with Crippen LogP contribution in [0.2, 0.25) is 0 Å². The zero-order valence-electron chi connectivity index (χ0n) is 16.3. The number of hydrogen-bond donors (Lipinski definition) is 1. The van der Waals surface area contributed by atoms with Crippen LogP contribution in [0.25, 0.3) is 11.8 Å². The van der Waals surface area contributed by atoms with Crippen LogP contribution in [0.15, 0.2) is 58.3 Å². The van der Waals surface area contributed by atoms with Gasteiger partial charge >= 0.3 is 0 Å². The summed E-state index contributed by atoms with van der Waals surface area (Å²) in [6.45, 7) is 2.12. The third kappa shape index (κ3) is 3.75. The van der Waals surface area contributed by atoms with E-state index in [0.29, 0.717) is 5.17 Å². The Morgan fingerprint density at radius 3 is 2.76 bits per heavy atom. The molecule has 148 valence electrons. The molecule has 1 aromatic carbocycles. The van der Waals surface area contributed by atoms with Crippen molar-refractivity contribution in [2.24, 2.45) is 10.1 Å². The first-order valence-corrected chi connectivity index (χ1v) is 10.2. The summed E-state index contributed by atoms with van der Waals surface area (Å²) in [7, 11) is 1.63. The number of methoxy groups -OCH3 is 1. The van der Waals surface area contributed by atoms with Gasteiger partial charge in [-0.3, -0.25) is 10.2 Å². The highest BCUT2D eigenvalue weighted by Gasteiger charge is 2.35.